The minimum atomic E-state index is -0.998. The Morgan fingerprint density at radius 2 is 1.74 bits per heavy atom. The van der Waals surface area contributed by atoms with Crippen LogP contribution in [0.3, 0.4) is 0 Å². The number of nitro benzene ring substituents is 1. The predicted molar refractivity (Wildman–Crippen MR) is 146 cm³/mol. The van der Waals surface area contributed by atoms with Crippen molar-refractivity contribution in [2.24, 2.45) is 0 Å². The molecule has 0 aliphatic rings. The van der Waals surface area contributed by atoms with Gasteiger partial charge in [-0.05, 0) is 68.0 Å². The van der Waals surface area contributed by atoms with Gasteiger partial charge in [0, 0.05) is 45.1 Å². The number of carbonyl (C=O) groups excluding carboxylic acids is 1. The molecule has 3 rings (SSSR count). The maximum absolute atomic E-state index is 13.1. The summed E-state index contributed by atoms with van der Waals surface area (Å²) in [6.07, 6.45) is 3.70. The molecular formula is C28H33N5O5. The van der Waals surface area contributed by atoms with Gasteiger partial charge in [0.25, 0.3) is 11.6 Å². The van der Waals surface area contributed by atoms with E-state index < -0.39 is 5.97 Å². The molecule has 10 heteroatoms. The molecule has 0 spiro atoms. The van der Waals surface area contributed by atoms with Crippen molar-refractivity contribution in [1.29, 1.82) is 0 Å². The fourth-order valence-corrected chi connectivity index (χ4v) is 4.14. The van der Waals surface area contributed by atoms with Crippen molar-refractivity contribution < 1.29 is 19.6 Å². The first kappa shape index (κ1) is 28.3. The molecule has 0 atom stereocenters. The zero-order valence-electron chi connectivity index (χ0n) is 21.9. The molecule has 0 saturated heterocycles. The van der Waals surface area contributed by atoms with Crippen LogP contribution in [0.2, 0.25) is 0 Å². The van der Waals surface area contributed by atoms with Gasteiger partial charge in [0.15, 0.2) is 0 Å². The molecule has 0 unspecified atom stereocenters. The third-order valence-electron chi connectivity index (χ3n) is 6.11. The van der Waals surface area contributed by atoms with Crippen LogP contribution in [0.5, 0.6) is 0 Å². The van der Waals surface area contributed by atoms with Gasteiger partial charge in [0.05, 0.1) is 16.9 Å². The molecule has 0 saturated carbocycles. The third-order valence-corrected chi connectivity index (χ3v) is 6.11. The number of aliphatic carboxylic acids is 1. The summed E-state index contributed by atoms with van der Waals surface area (Å²) in [7, 11) is 5.83. The summed E-state index contributed by atoms with van der Waals surface area (Å²) in [4.78, 5) is 45.2. The molecular weight excluding hydrogens is 486 g/mol. The monoisotopic (exact) mass is 519 g/mol. The number of hydrogen-bond acceptors (Lipinski definition) is 7. The van der Waals surface area contributed by atoms with Gasteiger partial charge in [0.2, 0.25) is 0 Å². The van der Waals surface area contributed by atoms with Crippen LogP contribution >= 0.6 is 0 Å². The van der Waals surface area contributed by atoms with E-state index >= 15 is 0 Å². The average Bonchev–Trinajstić information content (AvgIpc) is 2.90. The van der Waals surface area contributed by atoms with E-state index in [4.69, 9.17) is 5.11 Å². The first-order valence-electron chi connectivity index (χ1n) is 12.3. The van der Waals surface area contributed by atoms with Crippen LogP contribution < -0.4 is 4.90 Å². The predicted octanol–water partition coefficient (Wildman–Crippen LogP) is 4.16. The summed E-state index contributed by atoms with van der Waals surface area (Å²) < 4.78 is 0. The Kier molecular flexibility index (Phi) is 9.89. The maximum Gasteiger partial charge on any atom is 0.305 e. The summed E-state index contributed by atoms with van der Waals surface area (Å²) >= 11 is 0. The summed E-state index contributed by atoms with van der Waals surface area (Å²) in [5.74, 6) is -1.32. The van der Waals surface area contributed by atoms with Crippen LogP contribution in [0.15, 0.2) is 67.0 Å². The summed E-state index contributed by atoms with van der Waals surface area (Å²) in [6.45, 7) is 1.79. The van der Waals surface area contributed by atoms with Gasteiger partial charge < -0.3 is 19.8 Å². The standard InChI is InChI=1S/C28H33N5O5/c1-30(2)14-6-15-31(3)25-11-10-23(18-26(25)33(37)38)22-8-4-7-21(17-22)20-32(16-12-27(34)35)28(36)24-9-5-13-29-19-24/h4-5,7-11,13,17-19H,6,12,14-16,20H2,1-3H3,(H,34,35). The minimum absolute atomic E-state index is 0.0232. The number of hydrogen-bond donors (Lipinski definition) is 1. The lowest BCUT2D eigenvalue weighted by atomic mass is 10.0. The van der Waals surface area contributed by atoms with Crippen molar-refractivity contribution in [3.8, 4) is 11.1 Å². The highest BCUT2D eigenvalue weighted by atomic mass is 16.6. The van der Waals surface area contributed by atoms with E-state index in [-0.39, 0.29) is 36.0 Å². The molecule has 0 bridgehead atoms. The molecule has 38 heavy (non-hydrogen) atoms. The number of carboxylic acids is 1. The van der Waals surface area contributed by atoms with Gasteiger partial charge >= 0.3 is 5.97 Å². The molecule has 2 aromatic carbocycles. The van der Waals surface area contributed by atoms with Gasteiger partial charge in [-0.15, -0.1) is 0 Å². The lowest BCUT2D eigenvalue weighted by Gasteiger charge is -2.23. The molecule has 3 aromatic rings. The van der Waals surface area contributed by atoms with Gasteiger partial charge in [-0.1, -0.05) is 24.3 Å². The fraction of sp³-hybridized carbons (Fsp3) is 0.321. The molecule has 1 aromatic heterocycles. The Morgan fingerprint density at radius 3 is 2.39 bits per heavy atom. The lowest BCUT2D eigenvalue weighted by Crippen LogP contribution is -2.32. The minimum Gasteiger partial charge on any atom is -0.481 e. The van der Waals surface area contributed by atoms with E-state index in [1.165, 1.54) is 11.1 Å². The number of nitrogens with zero attached hydrogens (tertiary/aromatic N) is 5. The van der Waals surface area contributed by atoms with Crippen molar-refractivity contribution in [2.45, 2.75) is 19.4 Å². The van der Waals surface area contributed by atoms with Crippen molar-refractivity contribution in [3.05, 3.63) is 88.2 Å². The Hall–Kier alpha value is -4.31. The van der Waals surface area contributed by atoms with Crippen LogP contribution in [-0.2, 0) is 11.3 Å². The van der Waals surface area contributed by atoms with Crippen LogP contribution in [0.1, 0.15) is 28.8 Å². The molecule has 0 radical (unpaired) electrons. The Balaban J connectivity index is 1.85. The molecule has 1 heterocycles. The first-order chi connectivity index (χ1) is 18.2. The van der Waals surface area contributed by atoms with Gasteiger partial charge in [-0.2, -0.15) is 0 Å². The third kappa shape index (κ3) is 7.84. The molecule has 0 fully saturated rings. The number of anilines is 1. The number of aromatic nitrogens is 1. The van der Waals surface area contributed by atoms with E-state index in [1.807, 2.05) is 56.4 Å². The molecule has 1 N–H and O–H groups in total. The number of pyridine rings is 1. The fourth-order valence-electron chi connectivity index (χ4n) is 4.14. The first-order valence-corrected chi connectivity index (χ1v) is 12.3. The van der Waals surface area contributed by atoms with Crippen molar-refractivity contribution in [1.82, 2.24) is 14.8 Å². The van der Waals surface area contributed by atoms with Gasteiger partial charge in [-0.25, -0.2) is 0 Å². The van der Waals surface area contributed by atoms with E-state index in [1.54, 1.807) is 30.5 Å². The number of rotatable bonds is 13. The average molecular weight is 520 g/mol. The van der Waals surface area contributed by atoms with E-state index in [0.717, 1.165) is 24.1 Å². The summed E-state index contributed by atoms with van der Waals surface area (Å²) in [5.41, 5.74) is 3.16. The zero-order valence-corrected chi connectivity index (χ0v) is 21.9. The number of amides is 1. The van der Waals surface area contributed by atoms with Gasteiger partial charge in [0.1, 0.15) is 5.69 Å². The Morgan fingerprint density at radius 1 is 0.974 bits per heavy atom. The van der Waals surface area contributed by atoms with Crippen molar-refractivity contribution >= 4 is 23.3 Å². The highest BCUT2D eigenvalue weighted by Gasteiger charge is 2.20. The number of carboxylic acid groups (broad SMARTS) is 1. The molecule has 1 amide bonds. The quantitative estimate of drug-likeness (QED) is 0.264. The summed E-state index contributed by atoms with van der Waals surface area (Å²) in [6, 6.07) is 15.9. The van der Waals surface area contributed by atoms with Crippen molar-refractivity contribution in [2.75, 3.05) is 45.7 Å². The van der Waals surface area contributed by atoms with Crippen molar-refractivity contribution in [3.63, 3.8) is 0 Å². The molecule has 200 valence electrons. The lowest BCUT2D eigenvalue weighted by molar-refractivity contribution is -0.384. The molecule has 0 aliphatic heterocycles. The number of benzene rings is 2. The number of carbonyl (C=O) groups is 2. The highest BCUT2D eigenvalue weighted by molar-refractivity contribution is 5.94. The van der Waals surface area contributed by atoms with E-state index in [2.05, 4.69) is 9.88 Å². The van der Waals surface area contributed by atoms with Crippen LogP contribution in [0, 0.1) is 10.1 Å². The van der Waals surface area contributed by atoms with E-state index in [9.17, 15) is 19.7 Å². The van der Waals surface area contributed by atoms with Gasteiger partial charge in [-0.3, -0.25) is 24.7 Å². The van der Waals surface area contributed by atoms with Crippen LogP contribution in [0.25, 0.3) is 11.1 Å². The highest BCUT2D eigenvalue weighted by Crippen LogP contribution is 2.33. The molecule has 0 aliphatic carbocycles. The SMILES string of the molecule is CN(C)CCCN(C)c1ccc(-c2cccc(CN(CCC(=O)O)C(=O)c3cccnc3)c2)cc1[N+](=O)[O-]. The van der Waals surface area contributed by atoms with E-state index in [0.29, 0.717) is 23.4 Å². The Labute approximate surface area is 222 Å². The normalized spacial score (nSPS) is 10.8. The second kappa shape index (κ2) is 13.3. The second-order valence-electron chi connectivity index (χ2n) is 9.35. The van der Waals surface area contributed by atoms with Crippen LogP contribution in [-0.4, -0.2) is 77.5 Å². The van der Waals surface area contributed by atoms with Crippen LogP contribution in [0.4, 0.5) is 11.4 Å². The maximum atomic E-state index is 13.1. The largest absolute Gasteiger partial charge is 0.481 e. The Bertz CT molecular complexity index is 1270. The second-order valence-corrected chi connectivity index (χ2v) is 9.35. The zero-order chi connectivity index (χ0) is 27.7. The molecule has 10 nitrogen and oxygen atoms in total. The summed E-state index contributed by atoms with van der Waals surface area (Å²) in [5, 5.41) is 21.1. The smallest absolute Gasteiger partial charge is 0.305 e. The number of nitro groups is 1. The topological polar surface area (TPSA) is 120 Å².